The molecule has 2 heterocycles. The summed E-state index contributed by atoms with van der Waals surface area (Å²) in [5.41, 5.74) is 2.59. The van der Waals surface area contributed by atoms with Crippen molar-refractivity contribution in [1.82, 2.24) is 13.9 Å². The number of hydrogen-bond donors (Lipinski definition) is 0. The number of aromatic nitrogens is 3. The molecule has 0 saturated heterocycles. The quantitative estimate of drug-likeness (QED) is 0.354. The number of nitrogens with zero attached hydrogens (tertiary/aromatic N) is 3. The lowest BCUT2D eigenvalue weighted by Crippen LogP contribution is -2.20. The lowest BCUT2D eigenvalue weighted by atomic mass is 10.1. The van der Waals surface area contributed by atoms with E-state index in [0.29, 0.717) is 28.3 Å². The lowest BCUT2D eigenvalue weighted by molar-refractivity contribution is 0.354. The highest BCUT2D eigenvalue weighted by Crippen LogP contribution is 2.32. The molecule has 0 fully saturated rings. The topological polar surface area (TPSA) is 126 Å². The predicted molar refractivity (Wildman–Crippen MR) is 126 cm³/mol. The van der Waals surface area contributed by atoms with E-state index in [1.54, 1.807) is 32.4 Å². The summed E-state index contributed by atoms with van der Waals surface area (Å²) in [6.45, 7) is 3.66. The summed E-state index contributed by atoms with van der Waals surface area (Å²) in [5.74, 6) is 0.648. The summed E-state index contributed by atoms with van der Waals surface area (Å²) in [6, 6.07) is 9.51. The number of fused-ring (bicyclic) bond motifs is 1. The van der Waals surface area contributed by atoms with Gasteiger partial charge < -0.3 is 14.0 Å². The van der Waals surface area contributed by atoms with Crippen LogP contribution in [0.4, 0.5) is 0 Å². The Morgan fingerprint density at radius 2 is 1.76 bits per heavy atom. The summed E-state index contributed by atoms with van der Waals surface area (Å²) in [4.78, 5) is 8.64. The van der Waals surface area contributed by atoms with E-state index < -0.39 is 21.2 Å². The van der Waals surface area contributed by atoms with E-state index in [2.05, 4.69) is 9.97 Å². The van der Waals surface area contributed by atoms with Crippen molar-refractivity contribution >= 4 is 32.2 Å². The number of benzene rings is 2. The van der Waals surface area contributed by atoms with Crippen molar-refractivity contribution < 1.29 is 27.6 Å². The van der Waals surface area contributed by atoms with E-state index in [1.165, 1.54) is 25.3 Å². The maximum atomic E-state index is 13.6. The van der Waals surface area contributed by atoms with Gasteiger partial charge in [0, 0.05) is 34.6 Å². The van der Waals surface area contributed by atoms with Crippen LogP contribution < -0.4 is 9.47 Å². The molecule has 1 unspecified atom stereocenters. The summed E-state index contributed by atoms with van der Waals surface area (Å²) in [5, 5.41) is 11.4. The van der Waals surface area contributed by atoms with Crippen molar-refractivity contribution in [3.8, 4) is 17.2 Å². The van der Waals surface area contributed by atoms with Crippen LogP contribution in [0.15, 0.2) is 58.7 Å². The summed E-state index contributed by atoms with van der Waals surface area (Å²) in [7, 11) is -1.24. The summed E-state index contributed by atoms with van der Waals surface area (Å²) < 4.78 is 52.4. The predicted octanol–water partition coefficient (Wildman–Crippen LogP) is 3.75. The normalized spacial score (nSPS) is 12.6. The molecule has 4 aromatic rings. The zero-order valence-electron chi connectivity index (χ0n) is 18.9. The van der Waals surface area contributed by atoms with Gasteiger partial charge in [-0.3, -0.25) is 10.1 Å². The molecule has 0 spiro atoms. The molecule has 0 aliphatic rings. The molecule has 34 heavy (non-hydrogen) atoms. The average Bonchev–Trinajstić information content (AvgIpc) is 3.21. The number of aryl methyl sites for hydroxylation is 1. The Bertz CT molecular complexity index is 1470. The monoisotopic (exact) mass is 500 g/mol. The molecule has 0 aliphatic heterocycles. The Kier molecular flexibility index (Phi) is 6.43. The number of hydrogen-bond acceptors (Lipinski definition) is 7. The van der Waals surface area contributed by atoms with Crippen LogP contribution in [0.2, 0.25) is 0 Å². The van der Waals surface area contributed by atoms with Gasteiger partial charge in [0.15, 0.2) is 11.5 Å². The van der Waals surface area contributed by atoms with E-state index in [-0.39, 0.29) is 27.1 Å². The van der Waals surface area contributed by atoms with Crippen molar-refractivity contribution in [3.63, 3.8) is 0 Å². The molecule has 9 nitrogen and oxygen atoms in total. The number of rotatable bonds is 7. The molecule has 0 N–H and O–H groups in total. The first-order valence-corrected chi connectivity index (χ1v) is 12.9. The van der Waals surface area contributed by atoms with E-state index >= 15 is 0 Å². The van der Waals surface area contributed by atoms with Gasteiger partial charge in [0.25, 0.3) is 10.0 Å². The van der Waals surface area contributed by atoms with Crippen molar-refractivity contribution in [2.45, 2.75) is 29.7 Å². The minimum absolute atomic E-state index is 0.0715. The second kappa shape index (κ2) is 9.16. The Balaban J connectivity index is 1.88. The standard InChI is InChI=1S/C23H22N3O6S2/c1-14-12-24-20(15(2)22(14)32-4)13-33(28)23-25-19-10-7-17(31-3)11-21(19)26(23)34(29,30)18-8-5-16(27)6-9-18/h5-12H,13H2,1-4H3. The van der Waals surface area contributed by atoms with Gasteiger partial charge in [0.1, 0.15) is 11.5 Å². The Morgan fingerprint density at radius 1 is 1.06 bits per heavy atom. The van der Waals surface area contributed by atoms with Crippen LogP contribution in [0.1, 0.15) is 16.8 Å². The van der Waals surface area contributed by atoms with E-state index in [9.17, 15) is 18.1 Å². The van der Waals surface area contributed by atoms with Crippen LogP contribution in [-0.2, 0) is 32.1 Å². The van der Waals surface area contributed by atoms with Gasteiger partial charge in [-0.1, -0.05) is 0 Å². The fourth-order valence-electron chi connectivity index (χ4n) is 3.64. The number of pyridine rings is 1. The van der Waals surface area contributed by atoms with Gasteiger partial charge in [-0.2, -0.15) is 8.96 Å². The average molecular weight is 501 g/mol. The molecule has 4 rings (SSSR count). The number of imidazole rings is 1. The van der Waals surface area contributed by atoms with Gasteiger partial charge in [-0.15, -0.1) is 0 Å². The van der Waals surface area contributed by atoms with Crippen LogP contribution in [0.5, 0.6) is 17.2 Å². The van der Waals surface area contributed by atoms with Crippen molar-refractivity contribution in [1.29, 1.82) is 0 Å². The van der Waals surface area contributed by atoms with Gasteiger partial charge in [-0.25, -0.2) is 8.42 Å². The van der Waals surface area contributed by atoms with Gasteiger partial charge in [-0.05, 0) is 50.2 Å². The zero-order chi connectivity index (χ0) is 24.6. The smallest absolute Gasteiger partial charge is 0.338 e. The maximum Gasteiger partial charge on any atom is 0.338 e. The van der Waals surface area contributed by atoms with Crippen LogP contribution in [0, 0.1) is 13.8 Å². The van der Waals surface area contributed by atoms with Gasteiger partial charge >= 0.3 is 5.16 Å². The molecule has 177 valence electrons. The molecule has 2 aromatic carbocycles. The molecule has 1 atom stereocenters. The van der Waals surface area contributed by atoms with E-state index in [4.69, 9.17) is 9.47 Å². The maximum absolute atomic E-state index is 13.6. The highest BCUT2D eigenvalue weighted by Gasteiger charge is 2.32. The van der Waals surface area contributed by atoms with Gasteiger partial charge in [0.05, 0.1) is 35.8 Å². The first-order chi connectivity index (χ1) is 16.2. The minimum Gasteiger partial charge on any atom is -0.609 e. The van der Waals surface area contributed by atoms with Crippen LogP contribution in [0.3, 0.4) is 0 Å². The van der Waals surface area contributed by atoms with Crippen LogP contribution in [-0.4, -0.2) is 41.1 Å². The highest BCUT2D eigenvalue weighted by atomic mass is 32.2. The molecule has 2 aromatic heterocycles. The van der Waals surface area contributed by atoms with Gasteiger partial charge in [0.2, 0.25) is 0 Å². The molecule has 0 amide bonds. The molecule has 0 aliphatic carbocycles. The Morgan fingerprint density at radius 3 is 2.41 bits per heavy atom. The largest absolute Gasteiger partial charge is 0.609 e. The highest BCUT2D eigenvalue weighted by molar-refractivity contribution is 7.93. The molecule has 0 saturated carbocycles. The fourth-order valence-corrected chi connectivity index (χ4v) is 6.68. The number of methoxy groups -OCH3 is 2. The van der Waals surface area contributed by atoms with Crippen molar-refractivity contribution in [3.05, 3.63) is 65.5 Å². The second-order valence-electron chi connectivity index (χ2n) is 7.53. The lowest BCUT2D eigenvalue weighted by Gasteiger charge is -2.15. The summed E-state index contributed by atoms with van der Waals surface area (Å²) in [6.07, 6.45) is 1.62. The SMILES string of the molecule is COc1ccc2nc([S+]([O-])Cc3ncc(C)c(OC)c3C)n(S(=O)(=O)c3ccc([O])cc3)c2c1. The third kappa shape index (κ3) is 4.17. The van der Waals surface area contributed by atoms with Crippen LogP contribution >= 0.6 is 0 Å². The van der Waals surface area contributed by atoms with E-state index in [1.807, 2.05) is 6.92 Å². The third-order valence-electron chi connectivity index (χ3n) is 5.37. The molecular formula is C23H22N3O6S2. The Labute approximate surface area is 200 Å². The fraction of sp³-hybridized carbons (Fsp3) is 0.217. The molecule has 1 radical (unpaired) electrons. The molecule has 11 heteroatoms. The van der Waals surface area contributed by atoms with E-state index in [0.717, 1.165) is 21.7 Å². The minimum atomic E-state index is -4.24. The molecule has 0 bridgehead atoms. The zero-order valence-corrected chi connectivity index (χ0v) is 20.6. The van der Waals surface area contributed by atoms with Crippen LogP contribution in [0.25, 0.3) is 11.0 Å². The summed E-state index contributed by atoms with van der Waals surface area (Å²) >= 11 is -1.89. The Hall–Kier alpha value is -3.28. The first-order valence-electron chi connectivity index (χ1n) is 10.1. The second-order valence-corrected chi connectivity index (χ2v) is 10.7. The van der Waals surface area contributed by atoms with Crippen molar-refractivity contribution in [2.75, 3.05) is 14.2 Å². The molecular weight excluding hydrogens is 478 g/mol. The third-order valence-corrected chi connectivity index (χ3v) is 8.42. The number of ether oxygens (including phenoxy) is 2. The van der Waals surface area contributed by atoms with Crippen molar-refractivity contribution in [2.24, 2.45) is 0 Å². The first kappa shape index (κ1) is 23.9.